The van der Waals surface area contributed by atoms with Gasteiger partial charge in [0, 0.05) is 15.5 Å². The van der Waals surface area contributed by atoms with E-state index in [-0.39, 0.29) is 0 Å². The summed E-state index contributed by atoms with van der Waals surface area (Å²) in [6, 6.07) is 9.67. The fourth-order valence-corrected chi connectivity index (χ4v) is 2.58. The van der Waals surface area contributed by atoms with E-state index < -0.39 is 0 Å². The highest BCUT2D eigenvalue weighted by Gasteiger charge is 2.02. The number of hydrogen-bond donors (Lipinski definition) is 1. The second kappa shape index (κ2) is 7.32. The standard InChI is InChI=1S/C15H14ClNOS/c16-14-5-1-3-12(9-14)10-18-11-15-13(4-2-7-17)6-8-19-15/h1,3,5-6,8-9H,7,10-11,17H2. The Labute approximate surface area is 122 Å². The summed E-state index contributed by atoms with van der Waals surface area (Å²) < 4.78 is 5.69. The lowest BCUT2D eigenvalue weighted by Crippen LogP contribution is -1.95. The van der Waals surface area contributed by atoms with Gasteiger partial charge in [-0.25, -0.2) is 0 Å². The van der Waals surface area contributed by atoms with Gasteiger partial charge in [0.2, 0.25) is 0 Å². The molecule has 2 nitrogen and oxygen atoms in total. The average Bonchev–Trinajstić information content (AvgIpc) is 2.84. The van der Waals surface area contributed by atoms with Crippen LogP contribution in [0, 0.1) is 11.8 Å². The van der Waals surface area contributed by atoms with Gasteiger partial charge < -0.3 is 10.5 Å². The van der Waals surface area contributed by atoms with Crippen LogP contribution in [0.4, 0.5) is 0 Å². The summed E-state index contributed by atoms with van der Waals surface area (Å²) >= 11 is 7.57. The van der Waals surface area contributed by atoms with Crippen molar-refractivity contribution in [2.75, 3.05) is 6.54 Å². The second-order valence-corrected chi connectivity index (χ2v) is 5.32. The van der Waals surface area contributed by atoms with Crippen LogP contribution in [0.3, 0.4) is 0 Å². The van der Waals surface area contributed by atoms with Gasteiger partial charge >= 0.3 is 0 Å². The quantitative estimate of drug-likeness (QED) is 0.876. The van der Waals surface area contributed by atoms with Crippen molar-refractivity contribution in [3.63, 3.8) is 0 Å². The number of hydrogen-bond acceptors (Lipinski definition) is 3. The van der Waals surface area contributed by atoms with E-state index in [0.717, 1.165) is 21.0 Å². The third-order valence-electron chi connectivity index (χ3n) is 2.46. The molecule has 0 aliphatic rings. The summed E-state index contributed by atoms with van der Waals surface area (Å²) in [4.78, 5) is 1.13. The molecule has 1 aromatic carbocycles. The lowest BCUT2D eigenvalue weighted by Gasteiger charge is -2.04. The van der Waals surface area contributed by atoms with Gasteiger partial charge in [0.05, 0.1) is 19.8 Å². The Kier molecular flexibility index (Phi) is 5.44. The van der Waals surface area contributed by atoms with Crippen molar-refractivity contribution >= 4 is 22.9 Å². The van der Waals surface area contributed by atoms with Crippen molar-refractivity contribution in [2.24, 2.45) is 5.73 Å². The second-order valence-electron chi connectivity index (χ2n) is 3.89. The molecule has 0 saturated heterocycles. The van der Waals surface area contributed by atoms with Gasteiger partial charge in [-0.3, -0.25) is 0 Å². The first-order valence-corrected chi connectivity index (χ1v) is 7.13. The molecular weight excluding hydrogens is 278 g/mol. The van der Waals surface area contributed by atoms with Crippen LogP contribution in [0.25, 0.3) is 0 Å². The number of thiophene rings is 1. The maximum absolute atomic E-state index is 5.92. The first kappa shape index (κ1) is 14.1. The molecule has 0 unspecified atom stereocenters. The zero-order valence-corrected chi connectivity index (χ0v) is 11.9. The molecule has 0 bridgehead atoms. The summed E-state index contributed by atoms with van der Waals surface area (Å²) in [5, 5.41) is 2.74. The van der Waals surface area contributed by atoms with Crippen LogP contribution in [0.15, 0.2) is 35.7 Å². The molecule has 2 rings (SSSR count). The highest BCUT2D eigenvalue weighted by molar-refractivity contribution is 7.10. The van der Waals surface area contributed by atoms with Gasteiger partial charge in [-0.2, -0.15) is 0 Å². The molecule has 98 valence electrons. The molecule has 19 heavy (non-hydrogen) atoms. The molecule has 1 aromatic heterocycles. The lowest BCUT2D eigenvalue weighted by atomic mass is 10.2. The maximum Gasteiger partial charge on any atom is 0.0826 e. The Balaban J connectivity index is 1.91. The van der Waals surface area contributed by atoms with Crippen molar-refractivity contribution < 1.29 is 4.74 Å². The molecule has 0 aliphatic heterocycles. The van der Waals surface area contributed by atoms with Crippen LogP contribution in [0.5, 0.6) is 0 Å². The fourth-order valence-electron chi connectivity index (χ4n) is 1.60. The molecule has 0 fully saturated rings. The Hall–Kier alpha value is -1.31. The normalized spacial score (nSPS) is 10.0. The van der Waals surface area contributed by atoms with Crippen LogP contribution in [-0.2, 0) is 18.0 Å². The third-order valence-corrected chi connectivity index (χ3v) is 3.59. The van der Waals surface area contributed by atoms with Gasteiger partial charge in [0.15, 0.2) is 0 Å². The van der Waals surface area contributed by atoms with Crippen LogP contribution in [-0.4, -0.2) is 6.54 Å². The molecular formula is C15H14ClNOS. The number of benzene rings is 1. The molecule has 0 saturated carbocycles. The van der Waals surface area contributed by atoms with Gasteiger partial charge in [-0.05, 0) is 29.1 Å². The summed E-state index contributed by atoms with van der Waals surface area (Å²) in [6.07, 6.45) is 0. The molecule has 4 heteroatoms. The molecule has 2 N–H and O–H groups in total. The van der Waals surface area contributed by atoms with E-state index in [1.807, 2.05) is 35.7 Å². The average molecular weight is 292 g/mol. The summed E-state index contributed by atoms with van der Waals surface area (Å²) in [5.74, 6) is 5.90. The zero-order chi connectivity index (χ0) is 13.5. The maximum atomic E-state index is 5.92. The number of nitrogens with two attached hydrogens (primary N) is 1. The summed E-state index contributed by atoms with van der Waals surface area (Å²) in [5.41, 5.74) is 7.44. The number of ether oxygens (including phenoxy) is 1. The Bertz CT molecular complexity index is 597. The minimum atomic E-state index is 0.374. The van der Waals surface area contributed by atoms with Crippen LogP contribution < -0.4 is 5.73 Å². The third kappa shape index (κ3) is 4.38. The van der Waals surface area contributed by atoms with Crippen molar-refractivity contribution in [3.8, 4) is 11.8 Å². The van der Waals surface area contributed by atoms with E-state index in [2.05, 4.69) is 11.8 Å². The fraction of sp³-hybridized carbons (Fsp3) is 0.200. The van der Waals surface area contributed by atoms with E-state index in [0.29, 0.717) is 19.8 Å². The SMILES string of the molecule is NCC#Cc1ccsc1COCc1cccc(Cl)c1. The smallest absolute Gasteiger partial charge is 0.0826 e. The molecule has 1 heterocycles. The molecule has 0 atom stereocenters. The lowest BCUT2D eigenvalue weighted by molar-refractivity contribution is 0.109. The number of halogens is 1. The molecule has 0 spiro atoms. The Morgan fingerprint density at radius 1 is 1.26 bits per heavy atom. The van der Waals surface area contributed by atoms with Crippen LogP contribution >= 0.6 is 22.9 Å². The van der Waals surface area contributed by atoms with Crippen molar-refractivity contribution in [2.45, 2.75) is 13.2 Å². The predicted molar refractivity (Wildman–Crippen MR) is 80.2 cm³/mol. The van der Waals surface area contributed by atoms with Crippen molar-refractivity contribution in [3.05, 3.63) is 56.7 Å². The molecule has 0 radical (unpaired) electrons. The van der Waals surface area contributed by atoms with E-state index >= 15 is 0 Å². The zero-order valence-electron chi connectivity index (χ0n) is 10.4. The van der Waals surface area contributed by atoms with Crippen LogP contribution in [0.2, 0.25) is 5.02 Å². The van der Waals surface area contributed by atoms with Crippen molar-refractivity contribution in [1.82, 2.24) is 0 Å². The van der Waals surface area contributed by atoms with Crippen LogP contribution in [0.1, 0.15) is 16.0 Å². The van der Waals surface area contributed by atoms with E-state index in [4.69, 9.17) is 22.1 Å². The Morgan fingerprint density at radius 3 is 2.95 bits per heavy atom. The molecule has 2 aromatic rings. The Morgan fingerprint density at radius 2 is 2.16 bits per heavy atom. The first-order chi connectivity index (χ1) is 9.29. The van der Waals surface area contributed by atoms with Crippen molar-refractivity contribution in [1.29, 1.82) is 0 Å². The predicted octanol–water partition coefficient (Wildman–Crippen LogP) is 3.43. The van der Waals surface area contributed by atoms with Gasteiger partial charge in [-0.1, -0.05) is 35.6 Å². The highest BCUT2D eigenvalue weighted by Crippen LogP contribution is 2.18. The first-order valence-electron chi connectivity index (χ1n) is 5.87. The summed E-state index contributed by atoms with van der Waals surface area (Å²) in [6.45, 7) is 1.47. The van der Waals surface area contributed by atoms with E-state index in [1.165, 1.54) is 0 Å². The molecule has 0 aliphatic carbocycles. The van der Waals surface area contributed by atoms with Gasteiger partial charge in [0.25, 0.3) is 0 Å². The van der Waals surface area contributed by atoms with E-state index in [9.17, 15) is 0 Å². The monoisotopic (exact) mass is 291 g/mol. The van der Waals surface area contributed by atoms with Gasteiger partial charge in [-0.15, -0.1) is 11.3 Å². The largest absolute Gasteiger partial charge is 0.371 e. The minimum absolute atomic E-state index is 0.374. The summed E-state index contributed by atoms with van der Waals surface area (Å²) in [7, 11) is 0. The highest BCUT2D eigenvalue weighted by atomic mass is 35.5. The minimum Gasteiger partial charge on any atom is -0.371 e. The topological polar surface area (TPSA) is 35.2 Å². The van der Waals surface area contributed by atoms with E-state index in [1.54, 1.807) is 11.3 Å². The molecule has 0 amide bonds. The van der Waals surface area contributed by atoms with Gasteiger partial charge in [0.1, 0.15) is 0 Å². The number of rotatable bonds is 4.